The summed E-state index contributed by atoms with van der Waals surface area (Å²) in [5.74, 6) is 0. The van der Waals surface area contributed by atoms with Crippen LogP contribution in [-0.4, -0.2) is 16.8 Å². The maximum atomic E-state index is 4.52. The molecule has 1 aromatic carbocycles. The topological polar surface area (TPSA) is 29.9 Å². The number of nitrogens with zero attached hydrogens (tertiary/aromatic N) is 2. The van der Waals surface area contributed by atoms with Crippen LogP contribution in [0.3, 0.4) is 0 Å². The number of rotatable bonds is 4. The lowest BCUT2D eigenvalue weighted by Crippen LogP contribution is -2.20. The Labute approximate surface area is 122 Å². The second-order valence-corrected chi connectivity index (χ2v) is 5.61. The van der Waals surface area contributed by atoms with E-state index in [4.69, 9.17) is 0 Å². The minimum Gasteiger partial charge on any atom is -0.313 e. The molecule has 0 aliphatic carbocycles. The van der Waals surface area contributed by atoms with Crippen molar-refractivity contribution in [2.24, 2.45) is 7.05 Å². The third kappa shape index (κ3) is 2.63. The van der Waals surface area contributed by atoms with E-state index in [1.165, 1.54) is 27.9 Å². The van der Waals surface area contributed by atoms with Gasteiger partial charge in [-0.3, -0.25) is 4.68 Å². The molecule has 0 aliphatic rings. The van der Waals surface area contributed by atoms with Crippen LogP contribution in [0.1, 0.15) is 39.7 Å². The van der Waals surface area contributed by atoms with Crippen LogP contribution in [0.15, 0.2) is 18.2 Å². The van der Waals surface area contributed by atoms with E-state index in [2.05, 4.69) is 56.3 Å². The molecule has 3 heteroatoms. The monoisotopic (exact) mass is 271 g/mol. The molecule has 108 valence electrons. The van der Waals surface area contributed by atoms with Crippen LogP contribution < -0.4 is 5.32 Å². The largest absolute Gasteiger partial charge is 0.313 e. The molecule has 0 radical (unpaired) electrons. The summed E-state index contributed by atoms with van der Waals surface area (Å²) in [7, 11) is 4.05. The summed E-state index contributed by atoms with van der Waals surface area (Å²) < 4.78 is 1.97. The number of hydrogen-bond acceptors (Lipinski definition) is 2. The van der Waals surface area contributed by atoms with E-state index in [9.17, 15) is 0 Å². The van der Waals surface area contributed by atoms with Crippen molar-refractivity contribution in [1.29, 1.82) is 0 Å². The molecule has 0 aliphatic heterocycles. The van der Waals surface area contributed by atoms with Gasteiger partial charge in [0.25, 0.3) is 0 Å². The number of nitrogens with one attached hydrogen (secondary N) is 1. The lowest BCUT2D eigenvalue weighted by Gasteiger charge is -2.20. The molecule has 2 aromatic rings. The summed E-state index contributed by atoms with van der Waals surface area (Å²) in [6.45, 7) is 8.62. The van der Waals surface area contributed by atoms with E-state index in [0.717, 1.165) is 12.1 Å². The highest BCUT2D eigenvalue weighted by molar-refractivity contribution is 5.37. The van der Waals surface area contributed by atoms with Crippen LogP contribution in [0.2, 0.25) is 0 Å². The summed E-state index contributed by atoms with van der Waals surface area (Å²) in [5.41, 5.74) is 7.86. The standard InChI is InChI=1S/C17H25N3/c1-11-8-7-9-15(12(11)2)17(18-5)10-16-13(3)19-20(6)14(16)4/h7-9,17-18H,10H2,1-6H3. The number of aromatic nitrogens is 2. The Bertz CT molecular complexity index is 611. The molecule has 0 fully saturated rings. The molecule has 0 spiro atoms. The van der Waals surface area contributed by atoms with Gasteiger partial charge in [-0.25, -0.2) is 0 Å². The van der Waals surface area contributed by atoms with E-state index in [1.807, 2.05) is 18.8 Å². The van der Waals surface area contributed by atoms with Crippen molar-refractivity contribution in [3.05, 3.63) is 51.8 Å². The Hall–Kier alpha value is -1.61. The molecule has 0 saturated carbocycles. The normalized spacial score (nSPS) is 12.7. The molecule has 3 nitrogen and oxygen atoms in total. The van der Waals surface area contributed by atoms with E-state index in [0.29, 0.717) is 6.04 Å². The zero-order valence-electron chi connectivity index (χ0n) is 13.4. The molecule has 1 unspecified atom stereocenters. The zero-order valence-corrected chi connectivity index (χ0v) is 13.4. The van der Waals surface area contributed by atoms with Crippen LogP contribution in [0.25, 0.3) is 0 Å². The quantitative estimate of drug-likeness (QED) is 0.925. The highest BCUT2D eigenvalue weighted by atomic mass is 15.3. The minimum atomic E-state index is 0.330. The maximum Gasteiger partial charge on any atom is 0.0629 e. The lowest BCUT2D eigenvalue weighted by atomic mass is 9.92. The highest BCUT2D eigenvalue weighted by Crippen LogP contribution is 2.25. The number of aryl methyl sites for hydroxylation is 3. The minimum absolute atomic E-state index is 0.330. The first-order valence-electron chi connectivity index (χ1n) is 7.18. The first kappa shape index (κ1) is 14.8. The van der Waals surface area contributed by atoms with Gasteiger partial charge >= 0.3 is 0 Å². The summed E-state index contributed by atoms with van der Waals surface area (Å²) >= 11 is 0. The van der Waals surface area contributed by atoms with Crippen LogP contribution >= 0.6 is 0 Å². The summed E-state index contributed by atoms with van der Waals surface area (Å²) in [6.07, 6.45) is 0.978. The Balaban J connectivity index is 2.36. The second kappa shape index (κ2) is 5.80. The summed E-state index contributed by atoms with van der Waals surface area (Å²) in [4.78, 5) is 0. The van der Waals surface area contributed by atoms with Gasteiger partial charge in [0.05, 0.1) is 5.69 Å². The van der Waals surface area contributed by atoms with Crippen molar-refractivity contribution in [2.75, 3.05) is 7.05 Å². The van der Waals surface area contributed by atoms with Gasteiger partial charge in [0, 0.05) is 18.8 Å². The van der Waals surface area contributed by atoms with Gasteiger partial charge in [-0.05, 0) is 63.4 Å². The molecule has 0 bridgehead atoms. The van der Waals surface area contributed by atoms with E-state index in [1.54, 1.807) is 0 Å². The van der Waals surface area contributed by atoms with Crippen LogP contribution in [0.5, 0.6) is 0 Å². The first-order chi connectivity index (χ1) is 9.45. The fourth-order valence-corrected chi connectivity index (χ4v) is 2.84. The Morgan fingerprint density at radius 2 is 1.90 bits per heavy atom. The fraction of sp³-hybridized carbons (Fsp3) is 0.471. The molecule has 1 aromatic heterocycles. The smallest absolute Gasteiger partial charge is 0.0629 e. The third-order valence-electron chi connectivity index (χ3n) is 4.44. The van der Waals surface area contributed by atoms with Gasteiger partial charge in [-0.15, -0.1) is 0 Å². The zero-order chi connectivity index (χ0) is 14.9. The van der Waals surface area contributed by atoms with Crippen LogP contribution in [0, 0.1) is 27.7 Å². The molecule has 0 saturated heterocycles. The lowest BCUT2D eigenvalue weighted by molar-refractivity contribution is 0.585. The Morgan fingerprint density at radius 3 is 2.45 bits per heavy atom. The molecule has 1 atom stereocenters. The van der Waals surface area contributed by atoms with Gasteiger partial charge in [0.2, 0.25) is 0 Å². The van der Waals surface area contributed by atoms with Gasteiger partial charge in [-0.2, -0.15) is 5.10 Å². The van der Waals surface area contributed by atoms with Crippen molar-refractivity contribution < 1.29 is 0 Å². The molecule has 20 heavy (non-hydrogen) atoms. The van der Waals surface area contributed by atoms with Gasteiger partial charge in [0.15, 0.2) is 0 Å². The summed E-state index contributed by atoms with van der Waals surface area (Å²) in [5, 5.41) is 7.98. The molecular weight excluding hydrogens is 246 g/mol. The van der Waals surface area contributed by atoms with Gasteiger partial charge in [0.1, 0.15) is 0 Å². The predicted octanol–water partition coefficient (Wildman–Crippen LogP) is 3.16. The van der Waals surface area contributed by atoms with Crippen molar-refractivity contribution in [3.8, 4) is 0 Å². The average Bonchev–Trinajstić information content (AvgIpc) is 2.65. The van der Waals surface area contributed by atoms with Crippen molar-refractivity contribution in [1.82, 2.24) is 15.1 Å². The van der Waals surface area contributed by atoms with E-state index < -0.39 is 0 Å². The van der Waals surface area contributed by atoms with Crippen LogP contribution in [-0.2, 0) is 13.5 Å². The summed E-state index contributed by atoms with van der Waals surface area (Å²) in [6, 6.07) is 6.87. The highest BCUT2D eigenvalue weighted by Gasteiger charge is 2.18. The average molecular weight is 271 g/mol. The molecule has 1 N–H and O–H groups in total. The van der Waals surface area contributed by atoms with Crippen LogP contribution in [0.4, 0.5) is 0 Å². The van der Waals surface area contributed by atoms with Crippen molar-refractivity contribution >= 4 is 0 Å². The van der Waals surface area contributed by atoms with Crippen molar-refractivity contribution in [3.63, 3.8) is 0 Å². The number of likely N-dealkylation sites (N-methyl/N-ethyl adjacent to an activating group) is 1. The third-order valence-corrected chi connectivity index (χ3v) is 4.44. The predicted molar refractivity (Wildman–Crippen MR) is 84.1 cm³/mol. The molecule has 1 heterocycles. The van der Waals surface area contributed by atoms with Gasteiger partial charge in [-0.1, -0.05) is 18.2 Å². The Morgan fingerprint density at radius 1 is 1.20 bits per heavy atom. The maximum absolute atomic E-state index is 4.52. The molecule has 2 rings (SSSR count). The molecular formula is C17H25N3. The first-order valence-corrected chi connectivity index (χ1v) is 7.18. The van der Waals surface area contributed by atoms with Gasteiger partial charge < -0.3 is 5.32 Å². The Kier molecular flexibility index (Phi) is 4.29. The fourth-order valence-electron chi connectivity index (χ4n) is 2.84. The van der Waals surface area contributed by atoms with Crippen molar-refractivity contribution in [2.45, 2.75) is 40.2 Å². The number of hydrogen-bond donors (Lipinski definition) is 1. The SMILES string of the molecule is CNC(Cc1c(C)nn(C)c1C)c1cccc(C)c1C. The van der Waals surface area contributed by atoms with E-state index in [-0.39, 0.29) is 0 Å². The molecule has 0 amide bonds. The number of benzene rings is 1. The van der Waals surface area contributed by atoms with E-state index >= 15 is 0 Å². The second-order valence-electron chi connectivity index (χ2n) is 5.61.